The zero-order valence-corrected chi connectivity index (χ0v) is 24.6. The molecular formula is C42H24N4. The summed E-state index contributed by atoms with van der Waals surface area (Å²) in [4.78, 5) is 10.6. The highest BCUT2D eigenvalue weighted by molar-refractivity contribution is 6.35. The van der Waals surface area contributed by atoms with Gasteiger partial charge in [0.15, 0.2) is 5.82 Å². The van der Waals surface area contributed by atoms with Gasteiger partial charge in [-0.15, -0.1) is 0 Å². The van der Waals surface area contributed by atoms with Crippen LogP contribution in [0.1, 0.15) is 0 Å². The van der Waals surface area contributed by atoms with E-state index in [4.69, 9.17) is 9.97 Å². The fourth-order valence-corrected chi connectivity index (χ4v) is 7.96. The molecule has 4 heteroatoms. The molecule has 11 rings (SSSR count). The van der Waals surface area contributed by atoms with E-state index in [1.807, 2.05) is 0 Å². The molecule has 212 valence electrons. The van der Waals surface area contributed by atoms with Gasteiger partial charge in [-0.2, -0.15) is 0 Å². The molecular weight excluding hydrogens is 560 g/mol. The Kier molecular flexibility index (Phi) is 4.55. The molecule has 0 radical (unpaired) electrons. The first-order valence-corrected chi connectivity index (χ1v) is 15.7. The van der Waals surface area contributed by atoms with E-state index in [1.54, 1.807) is 0 Å². The van der Waals surface area contributed by atoms with Gasteiger partial charge in [-0.05, 0) is 47.2 Å². The Morgan fingerprint density at radius 2 is 1.02 bits per heavy atom. The maximum absolute atomic E-state index is 5.45. The van der Waals surface area contributed by atoms with E-state index in [2.05, 4.69) is 155 Å². The molecule has 0 aliphatic rings. The van der Waals surface area contributed by atoms with Crippen LogP contribution < -0.4 is 0 Å². The minimum atomic E-state index is 0.726. The van der Waals surface area contributed by atoms with Crippen LogP contribution in [0.3, 0.4) is 0 Å². The number of rotatable bonds is 2. The smallest absolute Gasteiger partial charge is 0.162 e. The molecule has 7 aromatic carbocycles. The van der Waals surface area contributed by atoms with E-state index in [0.717, 1.165) is 44.5 Å². The fraction of sp³-hybridized carbons (Fsp3) is 0. The van der Waals surface area contributed by atoms with Crippen LogP contribution in [0.5, 0.6) is 0 Å². The monoisotopic (exact) mass is 584 g/mol. The van der Waals surface area contributed by atoms with Crippen molar-refractivity contribution in [3.05, 3.63) is 146 Å². The lowest BCUT2D eigenvalue weighted by molar-refractivity contribution is 1.08. The average Bonchev–Trinajstić information content (AvgIpc) is 3.75. The summed E-state index contributed by atoms with van der Waals surface area (Å²) in [5.41, 5.74) is 7.99. The van der Waals surface area contributed by atoms with Gasteiger partial charge in [0.1, 0.15) is 5.82 Å². The lowest BCUT2D eigenvalue weighted by Gasteiger charge is -2.13. The Hall–Kier alpha value is -6.26. The van der Waals surface area contributed by atoms with Crippen LogP contribution in [0.15, 0.2) is 146 Å². The Morgan fingerprint density at radius 1 is 0.413 bits per heavy atom. The highest BCUT2D eigenvalue weighted by Crippen LogP contribution is 2.47. The SMILES string of the molecule is c1ccc2c(-c3nc(-n4c5ccccc5c5c6c7ccccc7n7c8ccccc8c(cc54)c67)c4ccccc4n3)cccc2c1. The summed E-state index contributed by atoms with van der Waals surface area (Å²) >= 11 is 0. The molecule has 0 spiro atoms. The largest absolute Gasteiger partial charge is 0.308 e. The summed E-state index contributed by atoms with van der Waals surface area (Å²) in [7, 11) is 0. The van der Waals surface area contributed by atoms with E-state index in [-0.39, 0.29) is 0 Å². The van der Waals surface area contributed by atoms with Crippen molar-refractivity contribution in [2.24, 2.45) is 0 Å². The van der Waals surface area contributed by atoms with Gasteiger partial charge in [0.25, 0.3) is 0 Å². The van der Waals surface area contributed by atoms with E-state index in [1.165, 1.54) is 54.3 Å². The topological polar surface area (TPSA) is 35.1 Å². The van der Waals surface area contributed by atoms with Crippen molar-refractivity contribution in [2.75, 3.05) is 0 Å². The highest BCUT2D eigenvalue weighted by atomic mass is 15.1. The van der Waals surface area contributed by atoms with Gasteiger partial charge < -0.3 is 4.40 Å². The molecule has 0 aliphatic carbocycles. The molecule has 0 saturated heterocycles. The molecule has 0 amide bonds. The molecule has 0 fully saturated rings. The molecule has 0 saturated carbocycles. The van der Waals surface area contributed by atoms with Gasteiger partial charge in [0, 0.05) is 43.3 Å². The maximum Gasteiger partial charge on any atom is 0.162 e. The average molecular weight is 585 g/mol. The van der Waals surface area contributed by atoms with Crippen LogP contribution in [0.25, 0.3) is 98.8 Å². The van der Waals surface area contributed by atoms with Crippen LogP contribution in [0.2, 0.25) is 0 Å². The van der Waals surface area contributed by atoms with Crippen molar-refractivity contribution >= 4 is 81.6 Å². The maximum atomic E-state index is 5.45. The quantitative estimate of drug-likeness (QED) is 0.203. The first-order chi connectivity index (χ1) is 22.8. The van der Waals surface area contributed by atoms with E-state index in [9.17, 15) is 0 Å². The molecule has 4 heterocycles. The van der Waals surface area contributed by atoms with Gasteiger partial charge in [0.2, 0.25) is 0 Å². The lowest BCUT2D eigenvalue weighted by Crippen LogP contribution is -2.03. The molecule has 4 nitrogen and oxygen atoms in total. The molecule has 4 aromatic heterocycles. The van der Waals surface area contributed by atoms with Crippen LogP contribution in [-0.4, -0.2) is 18.9 Å². The van der Waals surface area contributed by atoms with Crippen molar-refractivity contribution < 1.29 is 0 Å². The number of benzene rings is 7. The van der Waals surface area contributed by atoms with Crippen LogP contribution in [0, 0.1) is 0 Å². The third kappa shape index (κ3) is 2.98. The fourth-order valence-electron chi connectivity index (χ4n) is 7.96. The summed E-state index contributed by atoms with van der Waals surface area (Å²) in [5.74, 6) is 1.62. The van der Waals surface area contributed by atoms with Crippen molar-refractivity contribution in [2.45, 2.75) is 0 Å². The molecule has 0 N–H and O–H groups in total. The van der Waals surface area contributed by atoms with Crippen molar-refractivity contribution in [3.63, 3.8) is 0 Å². The number of fused-ring (bicyclic) bond motifs is 12. The van der Waals surface area contributed by atoms with Crippen LogP contribution >= 0.6 is 0 Å². The predicted molar refractivity (Wildman–Crippen MR) is 191 cm³/mol. The molecule has 11 aromatic rings. The lowest BCUT2D eigenvalue weighted by atomic mass is 10.0. The zero-order valence-electron chi connectivity index (χ0n) is 24.6. The van der Waals surface area contributed by atoms with Crippen LogP contribution in [-0.2, 0) is 0 Å². The van der Waals surface area contributed by atoms with Gasteiger partial charge in [0.05, 0.1) is 33.1 Å². The Bertz CT molecular complexity index is 3030. The zero-order chi connectivity index (χ0) is 29.9. The summed E-state index contributed by atoms with van der Waals surface area (Å²) < 4.78 is 4.84. The third-order valence-electron chi connectivity index (χ3n) is 9.83. The number of hydrogen-bond acceptors (Lipinski definition) is 2. The second-order valence-electron chi connectivity index (χ2n) is 12.2. The second kappa shape index (κ2) is 8.68. The van der Waals surface area contributed by atoms with Crippen molar-refractivity contribution in [3.8, 4) is 17.2 Å². The summed E-state index contributed by atoms with van der Waals surface area (Å²) in [6, 6.07) is 52.1. The van der Waals surface area contributed by atoms with Gasteiger partial charge in [-0.25, -0.2) is 9.97 Å². The van der Waals surface area contributed by atoms with Crippen molar-refractivity contribution in [1.29, 1.82) is 0 Å². The standard InChI is InChI=1S/C42H24N4/c1-2-14-26-25(12-1)13-11-19-28(26)41-43-33-20-7-3-16-29(33)42(44-41)46-36-23-10-5-17-30(36)38-37(46)24-32-27-15-4-8-21-34(27)45-35-22-9-6-18-31(35)39(38)40(32)45/h1-24H. The first-order valence-electron chi connectivity index (χ1n) is 15.7. The third-order valence-corrected chi connectivity index (χ3v) is 9.83. The Balaban J connectivity index is 1.37. The summed E-state index contributed by atoms with van der Waals surface area (Å²) in [6.07, 6.45) is 0. The Labute approximate surface area is 262 Å². The molecule has 0 aliphatic heterocycles. The second-order valence-corrected chi connectivity index (χ2v) is 12.2. The van der Waals surface area contributed by atoms with E-state index in [0.29, 0.717) is 0 Å². The summed E-state index contributed by atoms with van der Waals surface area (Å²) in [5, 5.41) is 10.9. The van der Waals surface area contributed by atoms with Gasteiger partial charge >= 0.3 is 0 Å². The predicted octanol–water partition coefficient (Wildman–Crippen LogP) is 10.7. The van der Waals surface area contributed by atoms with E-state index < -0.39 is 0 Å². The first kappa shape index (κ1) is 24.1. The number of para-hydroxylation sites is 4. The number of aromatic nitrogens is 4. The molecule has 46 heavy (non-hydrogen) atoms. The minimum Gasteiger partial charge on any atom is -0.308 e. The summed E-state index contributed by atoms with van der Waals surface area (Å²) in [6.45, 7) is 0. The van der Waals surface area contributed by atoms with Crippen molar-refractivity contribution in [1.82, 2.24) is 18.9 Å². The molecule has 0 atom stereocenters. The normalized spacial score (nSPS) is 12.3. The number of hydrogen-bond donors (Lipinski definition) is 0. The van der Waals surface area contributed by atoms with Gasteiger partial charge in [-0.1, -0.05) is 109 Å². The van der Waals surface area contributed by atoms with E-state index >= 15 is 0 Å². The van der Waals surface area contributed by atoms with Crippen LogP contribution in [0.4, 0.5) is 0 Å². The minimum absolute atomic E-state index is 0.726. The molecule has 0 bridgehead atoms. The number of nitrogens with zero attached hydrogens (tertiary/aromatic N) is 4. The Morgan fingerprint density at radius 3 is 1.85 bits per heavy atom. The molecule has 0 unspecified atom stereocenters. The van der Waals surface area contributed by atoms with Gasteiger partial charge in [-0.3, -0.25) is 4.57 Å². The highest BCUT2D eigenvalue weighted by Gasteiger charge is 2.25.